The first-order chi connectivity index (χ1) is 8.49. The van der Waals surface area contributed by atoms with Gasteiger partial charge < -0.3 is 4.74 Å². The average molecular weight is 248 g/mol. The number of benzene rings is 1. The van der Waals surface area contributed by atoms with E-state index in [9.17, 15) is 4.79 Å². The monoisotopic (exact) mass is 248 g/mol. The Labute approximate surface area is 108 Å². The van der Waals surface area contributed by atoms with E-state index in [0.29, 0.717) is 0 Å². The number of nitrogens with zero attached hydrogens (tertiary/aromatic N) is 1. The number of aryl methyl sites for hydroxylation is 1. The molecule has 18 heavy (non-hydrogen) atoms. The molecule has 0 atom stereocenters. The second-order valence-electron chi connectivity index (χ2n) is 5.12. The summed E-state index contributed by atoms with van der Waals surface area (Å²) in [6.45, 7) is 2.03. The third kappa shape index (κ3) is 2.20. The highest BCUT2D eigenvalue weighted by atomic mass is 16.5. The summed E-state index contributed by atoms with van der Waals surface area (Å²) < 4.78 is 5.39. The maximum Gasteiger partial charge on any atom is 0.245 e. The average Bonchev–Trinajstić information content (AvgIpc) is 3.09. The van der Waals surface area contributed by atoms with Gasteiger partial charge in [-0.2, -0.15) is 0 Å². The standard InChI is InChI=1S/C14H20N2O2/c1-10-5-6-12(18-4)11(9-10)14(7-8-14)13(17)15-16(2)3/h5-6,9H,7-8H2,1-4H3,(H,15,17). The van der Waals surface area contributed by atoms with Crippen LogP contribution in [-0.4, -0.2) is 32.1 Å². The second-order valence-corrected chi connectivity index (χ2v) is 5.12. The molecule has 0 aromatic heterocycles. The maximum absolute atomic E-state index is 12.3. The molecule has 0 spiro atoms. The lowest BCUT2D eigenvalue weighted by Gasteiger charge is -2.21. The molecule has 0 saturated heterocycles. The Morgan fingerprint density at radius 2 is 2.06 bits per heavy atom. The number of methoxy groups -OCH3 is 1. The van der Waals surface area contributed by atoms with Crippen LogP contribution in [0.3, 0.4) is 0 Å². The predicted molar refractivity (Wildman–Crippen MR) is 70.5 cm³/mol. The zero-order chi connectivity index (χ0) is 13.3. The Bertz CT molecular complexity index is 465. The molecule has 1 saturated carbocycles. The van der Waals surface area contributed by atoms with Gasteiger partial charge >= 0.3 is 0 Å². The number of nitrogens with one attached hydrogen (secondary N) is 1. The minimum absolute atomic E-state index is 0.0522. The van der Waals surface area contributed by atoms with Crippen LogP contribution < -0.4 is 10.2 Å². The zero-order valence-corrected chi connectivity index (χ0v) is 11.4. The fourth-order valence-electron chi connectivity index (χ4n) is 2.25. The Kier molecular flexibility index (Phi) is 3.30. The van der Waals surface area contributed by atoms with E-state index in [1.54, 1.807) is 12.1 Å². The van der Waals surface area contributed by atoms with Crippen molar-refractivity contribution >= 4 is 5.91 Å². The third-order valence-electron chi connectivity index (χ3n) is 3.38. The lowest BCUT2D eigenvalue weighted by molar-refractivity contribution is -0.127. The number of amides is 1. The number of rotatable bonds is 4. The molecule has 1 fully saturated rings. The van der Waals surface area contributed by atoms with E-state index in [0.717, 1.165) is 29.7 Å². The lowest BCUT2D eigenvalue weighted by Crippen LogP contribution is -2.42. The van der Waals surface area contributed by atoms with Crippen molar-refractivity contribution in [1.29, 1.82) is 0 Å². The number of hydrogen-bond acceptors (Lipinski definition) is 3. The number of ether oxygens (including phenoxy) is 1. The molecular formula is C14H20N2O2. The third-order valence-corrected chi connectivity index (χ3v) is 3.38. The van der Waals surface area contributed by atoms with E-state index in [1.165, 1.54) is 0 Å². The quantitative estimate of drug-likeness (QED) is 0.823. The van der Waals surface area contributed by atoms with E-state index in [4.69, 9.17) is 4.74 Å². The molecular weight excluding hydrogens is 228 g/mol. The van der Waals surface area contributed by atoms with Gasteiger partial charge in [0, 0.05) is 19.7 Å². The minimum Gasteiger partial charge on any atom is -0.496 e. The fraction of sp³-hybridized carbons (Fsp3) is 0.500. The molecule has 4 heteroatoms. The molecule has 1 amide bonds. The van der Waals surface area contributed by atoms with Gasteiger partial charge in [0.15, 0.2) is 0 Å². The highest BCUT2D eigenvalue weighted by molar-refractivity contribution is 5.91. The smallest absolute Gasteiger partial charge is 0.245 e. The summed E-state index contributed by atoms with van der Waals surface area (Å²) in [7, 11) is 5.29. The van der Waals surface area contributed by atoms with Gasteiger partial charge in [0.2, 0.25) is 5.91 Å². The van der Waals surface area contributed by atoms with Crippen molar-refractivity contribution in [1.82, 2.24) is 10.4 Å². The first-order valence-electron chi connectivity index (χ1n) is 6.13. The van der Waals surface area contributed by atoms with Gasteiger partial charge in [-0.3, -0.25) is 10.2 Å². The van der Waals surface area contributed by atoms with Crippen LogP contribution in [0.1, 0.15) is 24.0 Å². The van der Waals surface area contributed by atoms with Crippen molar-refractivity contribution in [2.45, 2.75) is 25.2 Å². The summed E-state index contributed by atoms with van der Waals surface area (Å²) in [6.07, 6.45) is 1.76. The summed E-state index contributed by atoms with van der Waals surface area (Å²) in [5.41, 5.74) is 4.60. The molecule has 1 aliphatic carbocycles. The largest absolute Gasteiger partial charge is 0.496 e. The number of hydrazine groups is 1. The van der Waals surface area contributed by atoms with E-state index >= 15 is 0 Å². The second kappa shape index (κ2) is 4.61. The van der Waals surface area contributed by atoms with Crippen molar-refractivity contribution in [3.63, 3.8) is 0 Å². The Balaban J connectivity index is 2.35. The molecule has 2 rings (SSSR count). The molecule has 0 unspecified atom stereocenters. The molecule has 1 N–H and O–H groups in total. The highest BCUT2D eigenvalue weighted by Crippen LogP contribution is 2.51. The van der Waals surface area contributed by atoms with Crippen molar-refractivity contribution in [2.24, 2.45) is 0 Å². The maximum atomic E-state index is 12.3. The summed E-state index contributed by atoms with van der Waals surface area (Å²) in [5.74, 6) is 0.850. The zero-order valence-electron chi connectivity index (χ0n) is 11.4. The van der Waals surface area contributed by atoms with E-state index in [1.807, 2.05) is 33.2 Å². The normalized spacial score (nSPS) is 16.5. The van der Waals surface area contributed by atoms with Crippen molar-refractivity contribution in [3.8, 4) is 5.75 Å². The summed E-state index contributed by atoms with van der Waals surface area (Å²) in [4.78, 5) is 12.3. The molecule has 0 radical (unpaired) electrons. The molecule has 0 aliphatic heterocycles. The van der Waals surface area contributed by atoms with Crippen LogP contribution in [0.5, 0.6) is 5.75 Å². The topological polar surface area (TPSA) is 41.6 Å². The first-order valence-corrected chi connectivity index (χ1v) is 6.13. The van der Waals surface area contributed by atoms with E-state index in [-0.39, 0.29) is 5.91 Å². The molecule has 1 aromatic rings. The minimum atomic E-state index is -0.401. The number of carbonyl (C=O) groups is 1. The van der Waals surface area contributed by atoms with E-state index in [2.05, 4.69) is 11.5 Å². The van der Waals surface area contributed by atoms with Gasteiger partial charge in [0.05, 0.1) is 12.5 Å². The lowest BCUT2D eigenvalue weighted by atomic mass is 9.92. The number of hydrogen-bond donors (Lipinski definition) is 1. The Morgan fingerprint density at radius 3 is 2.56 bits per heavy atom. The van der Waals surface area contributed by atoms with Gasteiger partial charge in [-0.15, -0.1) is 0 Å². The molecule has 0 bridgehead atoms. The summed E-state index contributed by atoms with van der Waals surface area (Å²) in [5, 5.41) is 1.69. The van der Waals surface area contributed by atoms with Crippen LogP contribution in [-0.2, 0) is 10.2 Å². The van der Waals surface area contributed by atoms with Crippen LogP contribution in [0.2, 0.25) is 0 Å². The van der Waals surface area contributed by atoms with Gasteiger partial charge in [-0.25, -0.2) is 5.01 Å². The van der Waals surface area contributed by atoms with Crippen molar-refractivity contribution in [2.75, 3.05) is 21.2 Å². The predicted octanol–water partition coefficient (Wildman–Crippen LogP) is 1.63. The summed E-state index contributed by atoms with van der Waals surface area (Å²) >= 11 is 0. The van der Waals surface area contributed by atoms with Crippen molar-refractivity contribution in [3.05, 3.63) is 29.3 Å². The Morgan fingerprint density at radius 1 is 1.39 bits per heavy atom. The molecule has 1 aliphatic rings. The first kappa shape index (κ1) is 12.9. The van der Waals surface area contributed by atoms with Gasteiger partial charge in [-0.05, 0) is 25.8 Å². The fourth-order valence-corrected chi connectivity index (χ4v) is 2.25. The molecule has 1 aromatic carbocycles. The molecule has 98 valence electrons. The Hall–Kier alpha value is -1.55. The van der Waals surface area contributed by atoms with Crippen LogP contribution in [0.4, 0.5) is 0 Å². The SMILES string of the molecule is COc1ccc(C)cc1C1(C(=O)NN(C)C)CC1. The van der Waals surface area contributed by atoms with Crippen LogP contribution in [0.15, 0.2) is 18.2 Å². The van der Waals surface area contributed by atoms with Gasteiger partial charge in [-0.1, -0.05) is 17.7 Å². The molecule has 4 nitrogen and oxygen atoms in total. The van der Waals surface area contributed by atoms with Gasteiger partial charge in [0.25, 0.3) is 0 Å². The summed E-state index contributed by atoms with van der Waals surface area (Å²) in [6, 6.07) is 6.00. The molecule has 0 heterocycles. The van der Waals surface area contributed by atoms with Crippen LogP contribution >= 0.6 is 0 Å². The van der Waals surface area contributed by atoms with Gasteiger partial charge in [0.1, 0.15) is 5.75 Å². The van der Waals surface area contributed by atoms with Crippen molar-refractivity contribution < 1.29 is 9.53 Å². The van der Waals surface area contributed by atoms with Crippen LogP contribution in [0, 0.1) is 6.92 Å². The van der Waals surface area contributed by atoms with Crippen LogP contribution in [0.25, 0.3) is 0 Å². The van der Waals surface area contributed by atoms with E-state index < -0.39 is 5.41 Å². The number of carbonyl (C=O) groups excluding carboxylic acids is 1. The highest BCUT2D eigenvalue weighted by Gasteiger charge is 2.53.